The van der Waals surface area contributed by atoms with E-state index in [-0.39, 0.29) is 18.8 Å². The van der Waals surface area contributed by atoms with Crippen molar-refractivity contribution in [3.63, 3.8) is 0 Å². The minimum Gasteiger partial charge on any atom is -0.444 e. The molecule has 0 aliphatic carbocycles. The molecule has 0 radical (unpaired) electrons. The van der Waals surface area contributed by atoms with E-state index >= 15 is 0 Å². The summed E-state index contributed by atoms with van der Waals surface area (Å²) in [6.07, 6.45) is 1.11. The summed E-state index contributed by atoms with van der Waals surface area (Å²) in [4.78, 5) is 40.2. The highest BCUT2D eigenvalue weighted by atomic mass is 16.5. The summed E-state index contributed by atoms with van der Waals surface area (Å²) < 4.78 is 6.35. The summed E-state index contributed by atoms with van der Waals surface area (Å²) in [5.41, 5.74) is 1.88. The summed E-state index contributed by atoms with van der Waals surface area (Å²) in [5.74, 6) is 0.360. The fourth-order valence-corrected chi connectivity index (χ4v) is 2.73. The third-order valence-corrected chi connectivity index (χ3v) is 4.14. The molecule has 0 saturated carbocycles. The van der Waals surface area contributed by atoms with Crippen LogP contribution in [-0.2, 0) is 22.7 Å². The van der Waals surface area contributed by atoms with Crippen LogP contribution in [0.1, 0.15) is 11.1 Å². The quantitative estimate of drug-likeness (QED) is 0.667. The number of anilines is 1. The van der Waals surface area contributed by atoms with Crippen LogP contribution in [-0.4, -0.2) is 21.9 Å². The van der Waals surface area contributed by atoms with Crippen molar-refractivity contribution in [2.75, 3.05) is 5.32 Å². The minimum absolute atomic E-state index is 0.0581. The molecule has 0 unspecified atom stereocenters. The van der Waals surface area contributed by atoms with Crippen molar-refractivity contribution >= 4 is 18.1 Å². The second-order valence-electron chi connectivity index (χ2n) is 6.08. The molecule has 28 heavy (non-hydrogen) atoms. The van der Waals surface area contributed by atoms with Gasteiger partial charge in [0.15, 0.2) is 0 Å². The average Bonchev–Trinajstić information content (AvgIpc) is 2.71. The second-order valence-corrected chi connectivity index (χ2v) is 6.08. The first-order valence-electron chi connectivity index (χ1n) is 8.67. The highest BCUT2D eigenvalue weighted by Gasteiger charge is 2.15. The van der Waals surface area contributed by atoms with E-state index in [4.69, 9.17) is 4.74 Å². The molecule has 1 aromatic heterocycles. The van der Waals surface area contributed by atoms with Crippen molar-refractivity contribution in [3.05, 3.63) is 82.3 Å². The monoisotopic (exact) mass is 377 g/mol. The van der Waals surface area contributed by atoms with Gasteiger partial charge in [-0.25, -0.2) is 9.78 Å². The number of nitrogens with one attached hydrogen (secondary N) is 1. The van der Waals surface area contributed by atoms with Crippen molar-refractivity contribution in [1.82, 2.24) is 9.55 Å². The number of carbonyl (C=O) groups excluding carboxylic acids is 2. The van der Waals surface area contributed by atoms with Crippen LogP contribution >= 0.6 is 0 Å². The Balaban J connectivity index is 1.83. The van der Waals surface area contributed by atoms with Gasteiger partial charge in [0.1, 0.15) is 24.4 Å². The van der Waals surface area contributed by atoms with Crippen LogP contribution in [0.25, 0.3) is 11.4 Å². The Morgan fingerprint density at radius 3 is 2.57 bits per heavy atom. The normalized spacial score (nSPS) is 10.3. The largest absolute Gasteiger partial charge is 0.444 e. The van der Waals surface area contributed by atoms with Gasteiger partial charge in [0, 0.05) is 5.56 Å². The van der Waals surface area contributed by atoms with E-state index in [1.54, 1.807) is 0 Å². The number of rotatable bonds is 6. The molecular weight excluding hydrogens is 358 g/mol. The predicted octanol–water partition coefficient (Wildman–Crippen LogP) is 3.17. The van der Waals surface area contributed by atoms with E-state index in [0.29, 0.717) is 12.1 Å². The molecule has 7 heteroatoms. The number of benzene rings is 2. The predicted molar refractivity (Wildman–Crippen MR) is 105 cm³/mol. The summed E-state index contributed by atoms with van der Waals surface area (Å²) >= 11 is 0. The second kappa shape index (κ2) is 8.77. The molecule has 1 N–H and O–H groups in total. The van der Waals surface area contributed by atoms with Gasteiger partial charge < -0.3 is 9.53 Å². The van der Waals surface area contributed by atoms with E-state index in [1.807, 2.05) is 61.5 Å². The highest BCUT2D eigenvalue weighted by Crippen LogP contribution is 2.20. The number of aromatic nitrogens is 2. The van der Waals surface area contributed by atoms with Gasteiger partial charge in [-0.15, -0.1) is 0 Å². The molecule has 0 saturated heterocycles. The maximum atomic E-state index is 12.8. The lowest BCUT2D eigenvalue weighted by molar-refractivity contribution is -0.108. The van der Waals surface area contributed by atoms with Crippen molar-refractivity contribution < 1.29 is 14.3 Å². The molecule has 7 nitrogen and oxygen atoms in total. The molecule has 0 bridgehead atoms. The number of aldehydes is 1. The van der Waals surface area contributed by atoms with Crippen molar-refractivity contribution in [3.8, 4) is 11.4 Å². The molecule has 142 valence electrons. The zero-order valence-corrected chi connectivity index (χ0v) is 15.3. The minimum atomic E-state index is -0.774. The van der Waals surface area contributed by atoms with Crippen LogP contribution < -0.4 is 10.9 Å². The van der Waals surface area contributed by atoms with Crippen LogP contribution in [0.3, 0.4) is 0 Å². The van der Waals surface area contributed by atoms with E-state index in [1.165, 1.54) is 10.8 Å². The van der Waals surface area contributed by atoms with Gasteiger partial charge in [-0.1, -0.05) is 54.6 Å². The third-order valence-electron chi connectivity index (χ3n) is 4.14. The molecule has 0 spiro atoms. The van der Waals surface area contributed by atoms with Crippen LogP contribution in [0.4, 0.5) is 10.5 Å². The molecule has 3 rings (SSSR count). The molecular formula is C21H19N3O4. The molecule has 1 amide bonds. The first kappa shape index (κ1) is 19.0. The van der Waals surface area contributed by atoms with Crippen molar-refractivity contribution in [2.24, 2.45) is 0 Å². The summed E-state index contributed by atoms with van der Waals surface area (Å²) in [6, 6.07) is 16.6. The van der Waals surface area contributed by atoms with Gasteiger partial charge in [0.2, 0.25) is 0 Å². The maximum Gasteiger partial charge on any atom is 0.412 e. The Hall–Kier alpha value is -3.74. The molecule has 0 aliphatic rings. The maximum absolute atomic E-state index is 12.8. The molecule has 0 aliphatic heterocycles. The van der Waals surface area contributed by atoms with Gasteiger partial charge in [-0.05, 0) is 18.1 Å². The number of hydrogen-bond donors (Lipinski definition) is 1. The van der Waals surface area contributed by atoms with Crippen LogP contribution in [0.5, 0.6) is 0 Å². The van der Waals surface area contributed by atoms with Gasteiger partial charge in [0.25, 0.3) is 5.56 Å². The number of nitrogens with zero attached hydrogens (tertiary/aromatic N) is 2. The van der Waals surface area contributed by atoms with Gasteiger partial charge in [-0.2, -0.15) is 0 Å². The van der Waals surface area contributed by atoms with Gasteiger partial charge in [0.05, 0.1) is 12.7 Å². The fourth-order valence-electron chi connectivity index (χ4n) is 2.73. The zero-order chi connectivity index (χ0) is 19.9. The van der Waals surface area contributed by atoms with Crippen molar-refractivity contribution in [2.45, 2.75) is 20.1 Å². The summed E-state index contributed by atoms with van der Waals surface area (Å²) in [5, 5.41) is 2.40. The van der Waals surface area contributed by atoms with Crippen LogP contribution in [0.2, 0.25) is 0 Å². The van der Waals surface area contributed by atoms with Crippen LogP contribution in [0, 0.1) is 6.92 Å². The van der Waals surface area contributed by atoms with Crippen molar-refractivity contribution in [1.29, 1.82) is 0 Å². The number of ether oxygens (including phenoxy) is 1. The Kier molecular flexibility index (Phi) is 5.96. The molecule has 2 aromatic carbocycles. The Labute approximate surface area is 161 Å². The SMILES string of the molecule is Cc1ccccc1-c1ncc(NC(=O)OCc2ccccc2)c(=O)n1CC=O. The lowest BCUT2D eigenvalue weighted by Gasteiger charge is -2.13. The van der Waals surface area contributed by atoms with E-state index in [2.05, 4.69) is 10.3 Å². The average molecular weight is 377 g/mol. The zero-order valence-electron chi connectivity index (χ0n) is 15.3. The van der Waals surface area contributed by atoms with Gasteiger partial charge in [-0.3, -0.25) is 14.7 Å². The first-order valence-corrected chi connectivity index (χ1v) is 8.67. The summed E-state index contributed by atoms with van der Waals surface area (Å²) in [7, 11) is 0. The molecule has 1 heterocycles. The highest BCUT2D eigenvalue weighted by molar-refractivity contribution is 5.84. The van der Waals surface area contributed by atoms with E-state index < -0.39 is 11.7 Å². The van der Waals surface area contributed by atoms with Gasteiger partial charge >= 0.3 is 6.09 Å². The number of aryl methyl sites for hydroxylation is 1. The Bertz CT molecular complexity index is 1050. The van der Waals surface area contributed by atoms with E-state index in [0.717, 1.165) is 16.7 Å². The number of hydrogen-bond acceptors (Lipinski definition) is 5. The Morgan fingerprint density at radius 1 is 1.14 bits per heavy atom. The van der Waals surface area contributed by atoms with Crippen LogP contribution in [0.15, 0.2) is 65.6 Å². The lowest BCUT2D eigenvalue weighted by Crippen LogP contribution is -2.28. The standard InChI is InChI=1S/C21H19N3O4/c1-15-7-5-6-10-17(15)19-22-13-18(20(26)24(19)11-12-25)23-21(27)28-14-16-8-3-2-4-9-16/h2-10,12-13H,11,14H2,1H3,(H,23,27). The number of carbonyl (C=O) groups is 2. The first-order chi connectivity index (χ1) is 13.6. The number of amides is 1. The smallest absolute Gasteiger partial charge is 0.412 e. The molecule has 3 aromatic rings. The Morgan fingerprint density at radius 2 is 1.86 bits per heavy atom. The fraction of sp³-hybridized carbons (Fsp3) is 0.143. The van der Waals surface area contributed by atoms with E-state index in [9.17, 15) is 14.4 Å². The third kappa shape index (κ3) is 4.32. The lowest BCUT2D eigenvalue weighted by atomic mass is 10.1. The topological polar surface area (TPSA) is 90.3 Å². The molecule has 0 fully saturated rings. The summed E-state index contributed by atoms with van der Waals surface area (Å²) in [6.45, 7) is 1.79. The molecule has 0 atom stereocenters.